The fraction of sp³-hybridized carbons (Fsp3) is 0.118. The van der Waals surface area contributed by atoms with E-state index in [1.165, 1.54) is 0 Å². The van der Waals surface area contributed by atoms with E-state index in [2.05, 4.69) is 17.2 Å². The molecule has 2 nitrogen and oxygen atoms in total. The van der Waals surface area contributed by atoms with Crippen LogP contribution in [0.1, 0.15) is 21.5 Å². The van der Waals surface area contributed by atoms with Crippen molar-refractivity contribution in [1.82, 2.24) is 5.32 Å². The number of carbonyl (C=O) groups excluding carboxylic acids is 1. The van der Waals surface area contributed by atoms with Crippen LogP contribution in [0, 0.1) is 11.8 Å². The summed E-state index contributed by atoms with van der Waals surface area (Å²) in [7, 11) is 1.84. The van der Waals surface area contributed by atoms with E-state index in [9.17, 15) is 4.79 Å². The van der Waals surface area contributed by atoms with Gasteiger partial charge in [-0.15, -0.1) is 0 Å². The van der Waals surface area contributed by atoms with Crippen LogP contribution in [-0.2, 0) is 0 Å². The fourth-order valence-electron chi connectivity index (χ4n) is 1.76. The third-order valence-electron chi connectivity index (χ3n) is 2.70. The normalized spacial score (nSPS) is 9.53. The third-order valence-corrected chi connectivity index (χ3v) is 2.70. The molecule has 2 rings (SSSR count). The van der Waals surface area contributed by atoms with Crippen molar-refractivity contribution < 1.29 is 4.79 Å². The molecule has 19 heavy (non-hydrogen) atoms. The summed E-state index contributed by atoms with van der Waals surface area (Å²) in [5.41, 5.74) is 2.11. The number of carbonyl (C=O) groups is 1. The summed E-state index contributed by atoms with van der Waals surface area (Å²) in [6, 6.07) is 16.7. The van der Waals surface area contributed by atoms with Gasteiger partial charge in [0.15, 0.2) is 5.78 Å². The van der Waals surface area contributed by atoms with E-state index in [1.807, 2.05) is 61.6 Å². The Balaban J connectivity index is 2.36. The fourth-order valence-corrected chi connectivity index (χ4v) is 1.76. The van der Waals surface area contributed by atoms with E-state index in [0.717, 1.165) is 5.56 Å². The molecule has 0 amide bonds. The number of nitrogens with one attached hydrogen (secondary N) is 1. The molecular weight excluding hydrogens is 234 g/mol. The lowest BCUT2D eigenvalue weighted by Gasteiger charge is -2.03. The Morgan fingerprint density at radius 1 is 1.05 bits per heavy atom. The van der Waals surface area contributed by atoms with Gasteiger partial charge in [0.25, 0.3) is 0 Å². The van der Waals surface area contributed by atoms with E-state index in [0.29, 0.717) is 17.7 Å². The Morgan fingerprint density at radius 3 is 2.47 bits per heavy atom. The average molecular weight is 249 g/mol. The van der Waals surface area contributed by atoms with Gasteiger partial charge in [0.05, 0.1) is 6.54 Å². The van der Waals surface area contributed by atoms with Crippen LogP contribution in [0.15, 0.2) is 54.6 Å². The van der Waals surface area contributed by atoms with Gasteiger partial charge in [-0.3, -0.25) is 4.79 Å². The largest absolute Gasteiger partial charge is 0.309 e. The van der Waals surface area contributed by atoms with Gasteiger partial charge >= 0.3 is 0 Å². The smallest absolute Gasteiger partial charge is 0.194 e. The van der Waals surface area contributed by atoms with Crippen LogP contribution in [0.3, 0.4) is 0 Å². The zero-order valence-electron chi connectivity index (χ0n) is 10.8. The minimum atomic E-state index is 0.00922. The summed E-state index contributed by atoms with van der Waals surface area (Å²) in [6.07, 6.45) is 0. The van der Waals surface area contributed by atoms with E-state index in [-0.39, 0.29) is 5.78 Å². The summed E-state index contributed by atoms with van der Waals surface area (Å²) in [6.45, 7) is 0.605. The first-order valence-electron chi connectivity index (χ1n) is 6.15. The summed E-state index contributed by atoms with van der Waals surface area (Å²) >= 11 is 0. The molecule has 2 aromatic rings. The highest BCUT2D eigenvalue weighted by Crippen LogP contribution is 2.13. The van der Waals surface area contributed by atoms with Crippen LogP contribution in [-0.4, -0.2) is 19.4 Å². The second-order valence-corrected chi connectivity index (χ2v) is 4.07. The van der Waals surface area contributed by atoms with Gasteiger partial charge in [-0.1, -0.05) is 54.3 Å². The standard InChI is InChI=1S/C17H15NO/c1-18-13-7-11-14-8-5-6-12-16(14)17(19)15-9-3-2-4-10-15/h2-6,8-10,12,18H,13H2,1H3. The maximum absolute atomic E-state index is 12.4. The quantitative estimate of drug-likeness (QED) is 0.669. The molecule has 0 heterocycles. The van der Waals surface area contributed by atoms with Gasteiger partial charge in [0, 0.05) is 16.7 Å². The monoisotopic (exact) mass is 249 g/mol. The van der Waals surface area contributed by atoms with Crippen molar-refractivity contribution >= 4 is 5.78 Å². The summed E-state index contributed by atoms with van der Waals surface area (Å²) in [4.78, 5) is 12.4. The maximum Gasteiger partial charge on any atom is 0.194 e. The Kier molecular flexibility index (Phi) is 4.49. The van der Waals surface area contributed by atoms with Crippen molar-refractivity contribution in [3.8, 4) is 11.8 Å². The van der Waals surface area contributed by atoms with Crippen LogP contribution >= 0.6 is 0 Å². The predicted octanol–water partition coefficient (Wildman–Crippen LogP) is 2.49. The molecule has 0 aliphatic carbocycles. The van der Waals surface area contributed by atoms with E-state index >= 15 is 0 Å². The van der Waals surface area contributed by atoms with Crippen LogP contribution in [0.5, 0.6) is 0 Å². The maximum atomic E-state index is 12.4. The molecule has 0 spiro atoms. The van der Waals surface area contributed by atoms with Crippen LogP contribution in [0.2, 0.25) is 0 Å². The molecule has 0 saturated carbocycles. The molecular formula is C17H15NO. The van der Waals surface area contributed by atoms with Gasteiger partial charge in [0.2, 0.25) is 0 Å². The van der Waals surface area contributed by atoms with E-state index in [4.69, 9.17) is 0 Å². The zero-order chi connectivity index (χ0) is 13.5. The lowest BCUT2D eigenvalue weighted by atomic mass is 9.99. The second-order valence-electron chi connectivity index (χ2n) is 4.07. The number of ketones is 1. The minimum absolute atomic E-state index is 0.00922. The van der Waals surface area contributed by atoms with Crippen molar-refractivity contribution in [3.63, 3.8) is 0 Å². The average Bonchev–Trinajstić information content (AvgIpc) is 2.48. The molecule has 0 fully saturated rings. The van der Waals surface area contributed by atoms with Gasteiger partial charge in [0.1, 0.15) is 0 Å². The van der Waals surface area contributed by atoms with Crippen LogP contribution in [0.25, 0.3) is 0 Å². The highest BCUT2D eigenvalue weighted by atomic mass is 16.1. The summed E-state index contributed by atoms with van der Waals surface area (Å²) in [5, 5.41) is 2.96. The molecule has 94 valence electrons. The predicted molar refractivity (Wildman–Crippen MR) is 77.1 cm³/mol. The second kappa shape index (κ2) is 6.53. The van der Waals surface area contributed by atoms with Crippen LogP contribution in [0.4, 0.5) is 0 Å². The Bertz CT molecular complexity index is 620. The molecule has 2 heteroatoms. The van der Waals surface area contributed by atoms with Crippen molar-refractivity contribution in [3.05, 3.63) is 71.3 Å². The molecule has 0 saturated heterocycles. The summed E-state index contributed by atoms with van der Waals surface area (Å²) < 4.78 is 0. The summed E-state index contributed by atoms with van der Waals surface area (Å²) in [5.74, 6) is 6.03. The lowest BCUT2D eigenvalue weighted by molar-refractivity contribution is 0.103. The van der Waals surface area contributed by atoms with Crippen molar-refractivity contribution in [2.45, 2.75) is 0 Å². The molecule has 0 radical (unpaired) electrons. The van der Waals surface area contributed by atoms with Gasteiger partial charge in [-0.05, 0) is 19.2 Å². The molecule has 0 aliphatic heterocycles. The SMILES string of the molecule is CNCC#Cc1ccccc1C(=O)c1ccccc1. The zero-order valence-corrected chi connectivity index (χ0v) is 10.8. The first kappa shape index (κ1) is 13.1. The van der Waals surface area contributed by atoms with Gasteiger partial charge in [-0.25, -0.2) is 0 Å². The first-order chi connectivity index (χ1) is 9.33. The van der Waals surface area contributed by atoms with Crippen molar-refractivity contribution in [2.24, 2.45) is 0 Å². The number of hydrogen-bond acceptors (Lipinski definition) is 2. The third kappa shape index (κ3) is 3.31. The van der Waals surface area contributed by atoms with Gasteiger partial charge < -0.3 is 5.32 Å². The van der Waals surface area contributed by atoms with Crippen LogP contribution < -0.4 is 5.32 Å². The number of rotatable bonds is 3. The molecule has 0 aliphatic rings. The van der Waals surface area contributed by atoms with E-state index < -0.39 is 0 Å². The molecule has 0 bridgehead atoms. The number of hydrogen-bond donors (Lipinski definition) is 1. The first-order valence-corrected chi connectivity index (χ1v) is 6.15. The Hall–Kier alpha value is -2.37. The highest BCUT2D eigenvalue weighted by molar-refractivity contribution is 6.10. The molecule has 0 unspecified atom stereocenters. The Labute approximate surface area is 113 Å². The molecule has 0 atom stereocenters. The molecule has 0 aromatic heterocycles. The lowest BCUT2D eigenvalue weighted by Crippen LogP contribution is -2.06. The molecule has 1 N–H and O–H groups in total. The molecule has 2 aromatic carbocycles. The topological polar surface area (TPSA) is 29.1 Å². The minimum Gasteiger partial charge on any atom is -0.309 e. The van der Waals surface area contributed by atoms with Crippen molar-refractivity contribution in [1.29, 1.82) is 0 Å². The highest BCUT2D eigenvalue weighted by Gasteiger charge is 2.11. The van der Waals surface area contributed by atoms with Crippen molar-refractivity contribution in [2.75, 3.05) is 13.6 Å². The van der Waals surface area contributed by atoms with Gasteiger partial charge in [-0.2, -0.15) is 0 Å². The van der Waals surface area contributed by atoms with E-state index in [1.54, 1.807) is 0 Å². The Morgan fingerprint density at radius 2 is 1.74 bits per heavy atom. The number of benzene rings is 2.